The summed E-state index contributed by atoms with van der Waals surface area (Å²) in [6.07, 6.45) is 0.405. The van der Waals surface area contributed by atoms with E-state index in [1.54, 1.807) is 19.9 Å². The van der Waals surface area contributed by atoms with Crippen molar-refractivity contribution in [2.45, 2.75) is 26.3 Å². The van der Waals surface area contributed by atoms with E-state index in [-0.39, 0.29) is 17.5 Å². The number of carbonyl (C=O) groups excluding carboxylic acids is 2. The Hall–Kier alpha value is -3.30. The van der Waals surface area contributed by atoms with Gasteiger partial charge in [0, 0.05) is 5.69 Å². The molecule has 132 valence electrons. The fourth-order valence-electron chi connectivity index (χ4n) is 2.12. The van der Waals surface area contributed by atoms with Gasteiger partial charge in [-0.05, 0) is 37.1 Å². The van der Waals surface area contributed by atoms with Crippen LogP contribution in [0, 0.1) is 12.7 Å². The van der Waals surface area contributed by atoms with E-state index in [2.05, 4.69) is 25.8 Å². The highest BCUT2D eigenvalue weighted by atomic mass is 19.1. The Labute approximate surface area is 143 Å². The first-order valence-corrected chi connectivity index (χ1v) is 7.44. The van der Waals surface area contributed by atoms with E-state index in [1.165, 1.54) is 12.1 Å². The average Bonchev–Trinajstić information content (AvgIpc) is 2.51. The van der Waals surface area contributed by atoms with Crippen molar-refractivity contribution < 1.29 is 14.0 Å². The maximum Gasteiger partial charge on any atom is 0.273 e. The fraction of sp³-hybridized carbons (Fsp3) is 0.267. The molecule has 0 saturated carbocycles. The van der Waals surface area contributed by atoms with Gasteiger partial charge in [0.15, 0.2) is 11.5 Å². The van der Waals surface area contributed by atoms with Crippen molar-refractivity contribution in [3.05, 3.63) is 35.3 Å². The predicted molar refractivity (Wildman–Crippen MR) is 89.7 cm³/mol. The van der Waals surface area contributed by atoms with Gasteiger partial charge in [0.1, 0.15) is 11.9 Å². The first-order valence-electron chi connectivity index (χ1n) is 7.44. The smallest absolute Gasteiger partial charge is 0.273 e. The maximum atomic E-state index is 13.5. The number of aryl methyl sites for hydroxylation is 1. The van der Waals surface area contributed by atoms with Crippen LogP contribution in [0.2, 0.25) is 0 Å². The zero-order valence-corrected chi connectivity index (χ0v) is 13.7. The van der Waals surface area contributed by atoms with E-state index in [0.29, 0.717) is 17.7 Å². The summed E-state index contributed by atoms with van der Waals surface area (Å²) in [4.78, 5) is 26.9. The number of hydrogen-bond donors (Lipinski definition) is 4. The normalized spacial score (nSPS) is 11.6. The SMILES string of the molecule is CC[C@@H](Nc1nnc(C(N)=O)c(Nc2cc(C)cc(F)c2)n1)C(N)=O. The molecular formula is C15H18FN7O2. The first kappa shape index (κ1) is 18.0. The second-order valence-electron chi connectivity index (χ2n) is 5.35. The van der Waals surface area contributed by atoms with Crippen LogP contribution in [-0.2, 0) is 4.79 Å². The van der Waals surface area contributed by atoms with Crippen LogP contribution in [0.15, 0.2) is 18.2 Å². The molecule has 25 heavy (non-hydrogen) atoms. The molecule has 1 heterocycles. The van der Waals surface area contributed by atoms with Gasteiger partial charge in [-0.15, -0.1) is 10.2 Å². The van der Waals surface area contributed by atoms with Gasteiger partial charge in [0.2, 0.25) is 11.9 Å². The molecule has 0 saturated heterocycles. The van der Waals surface area contributed by atoms with Crippen molar-refractivity contribution in [3.63, 3.8) is 0 Å². The van der Waals surface area contributed by atoms with Crippen LogP contribution in [0.4, 0.5) is 21.8 Å². The number of primary amides is 2. The number of benzene rings is 1. The molecule has 9 nitrogen and oxygen atoms in total. The van der Waals surface area contributed by atoms with Crippen LogP contribution < -0.4 is 22.1 Å². The molecule has 2 aromatic rings. The standard InChI is InChI=1S/C15H18FN7O2/c1-3-10(12(17)24)20-15-21-14(11(13(18)25)22-23-15)19-9-5-7(2)4-8(16)6-9/h4-6,10H,3H2,1-2H3,(H2,17,24)(H2,18,25)(H2,19,20,21,23)/t10-/m1/s1. The van der Waals surface area contributed by atoms with Crippen LogP contribution >= 0.6 is 0 Å². The van der Waals surface area contributed by atoms with Crippen molar-refractivity contribution in [2.24, 2.45) is 11.5 Å². The monoisotopic (exact) mass is 347 g/mol. The Morgan fingerprint density at radius 1 is 1.24 bits per heavy atom. The Bertz CT molecular complexity index is 792. The Morgan fingerprint density at radius 3 is 2.52 bits per heavy atom. The second kappa shape index (κ2) is 7.51. The lowest BCUT2D eigenvalue weighted by molar-refractivity contribution is -0.118. The number of amides is 2. The van der Waals surface area contributed by atoms with Gasteiger partial charge in [-0.3, -0.25) is 9.59 Å². The molecule has 1 atom stereocenters. The molecular weight excluding hydrogens is 329 g/mol. The van der Waals surface area contributed by atoms with E-state index in [0.717, 1.165) is 0 Å². The molecule has 1 aromatic heterocycles. The van der Waals surface area contributed by atoms with E-state index in [1.807, 2.05) is 0 Å². The number of carbonyl (C=O) groups is 2. The summed E-state index contributed by atoms with van der Waals surface area (Å²) in [5, 5.41) is 12.9. The van der Waals surface area contributed by atoms with Crippen molar-refractivity contribution in [1.29, 1.82) is 0 Å². The quantitative estimate of drug-likeness (QED) is 0.579. The van der Waals surface area contributed by atoms with Crippen LogP contribution in [0.1, 0.15) is 29.4 Å². The molecule has 0 fully saturated rings. The largest absolute Gasteiger partial charge is 0.368 e. The predicted octanol–water partition coefficient (Wildman–Crippen LogP) is 0.837. The molecule has 0 spiro atoms. The number of anilines is 3. The van der Waals surface area contributed by atoms with Gasteiger partial charge in [-0.1, -0.05) is 6.92 Å². The van der Waals surface area contributed by atoms with Crippen molar-refractivity contribution in [1.82, 2.24) is 15.2 Å². The van der Waals surface area contributed by atoms with Gasteiger partial charge in [0.25, 0.3) is 5.91 Å². The van der Waals surface area contributed by atoms with Gasteiger partial charge < -0.3 is 22.1 Å². The summed E-state index contributed by atoms with van der Waals surface area (Å²) in [5.41, 5.74) is 11.3. The van der Waals surface area contributed by atoms with E-state index in [4.69, 9.17) is 11.5 Å². The maximum absolute atomic E-state index is 13.5. The van der Waals surface area contributed by atoms with E-state index < -0.39 is 23.7 Å². The Kier molecular flexibility index (Phi) is 5.42. The number of nitrogens with zero attached hydrogens (tertiary/aromatic N) is 3. The van der Waals surface area contributed by atoms with Crippen LogP contribution in [-0.4, -0.2) is 33.0 Å². The minimum absolute atomic E-state index is 0.0191. The van der Waals surface area contributed by atoms with Crippen molar-refractivity contribution in [2.75, 3.05) is 10.6 Å². The zero-order valence-electron chi connectivity index (χ0n) is 13.7. The number of nitrogens with one attached hydrogen (secondary N) is 2. The van der Waals surface area contributed by atoms with E-state index in [9.17, 15) is 14.0 Å². The topological polar surface area (TPSA) is 149 Å². The first-order chi connectivity index (χ1) is 11.8. The third-order valence-corrected chi connectivity index (χ3v) is 3.28. The molecule has 0 radical (unpaired) electrons. The lowest BCUT2D eigenvalue weighted by atomic mass is 10.2. The number of halogens is 1. The fourth-order valence-corrected chi connectivity index (χ4v) is 2.12. The molecule has 0 aliphatic heterocycles. The minimum Gasteiger partial charge on any atom is -0.368 e. The number of nitrogens with two attached hydrogens (primary N) is 2. The molecule has 2 amide bonds. The second-order valence-corrected chi connectivity index (χ2v) is 5.35. The molecule has 10 heteroatoms. The summed E-state index contributed by atoms with van der Waals surface area (Å²) < 4.78 is 13.5. The highest BCUT2D eigenvalue weighted by Crippen LogP contribution is 2.20. The summed E-state index contributed by atoms with van der Waals surface area (Å²) in [6.45, 7) is 3.47. The number of hydrogen-bond acceptors (Lipinski definition) is 7. The summed E-state index contributed by atoms with van der Waals surface area (Å²) in [7, 11) is 0. The van der Waals surface area contributed by atoms with Gasteiger partial charge in [0.05, 0.1) is 0 Å². The third-order valence-electron chi connectivity index (χ3n) is 3.28. The number of aromatic nitrogens is 3. The van der Waals surface area contributed by atoms with Crippen LogP contribution in [0.3, 0.4) is 0 Å². The van der Waals surface area contributed by atoms with Gasteiger partial charge >= 0.3 is 0 Å². The Balaban J connectivity index is 2.37. The molecule has 0 aliphatic rings. The molecule has 1 aromatic carbocycles. The van der Waals surface area contributed by atoms with Gasteiger partial charge in [-0.2, -0.15) is 4.98 Å². The van der Waals surface area contributed by atoms with Crippen LogP contribution in [0.25, 0.3) is 0 Å². The van der Waals surface area contributed by atoms with Crippen molar-refractivity contribution >= 4 is 29.3 Å². The minimum atomic E-state index is -0.857. The molecule has 0 aliphatic carbocycles. The summed E-state index contributed by atoms with van der Waals surface area (Å²) in [5.74, 6) is -1.94. The summed E-state index contributed by atoms with van der Waals surface area (Å²) in [6, 6.07) is 3.53. The van der Waals surface area contributed by atoms with Crippen molar-refractivity contribution in [3.8, 4) is 0 Å². The van der Waals surface area contributed by atoms with Crippen LogP contribution in [0.5, 0.6) is 0 Å². The zero-order chi connectivity index (χ0) is 18.6. The number of rotatable bonds is 7. The average molecular weight is 347 g/mol. The molecule has 0 bridgehead atoms. The molecule has 0 unspecified atom stereocenters. The Morgan fingerprint density at radius 2 is 1.96 bits per heavy atom. The lowest BCUT2D eigenvalue weighted by Gasteiger charge is -2.14. The van der Waals surface area contributed by atoms with Gasteiger partial charge in [-0.25, -0.2) is 4.39 Å². The van der Waals surface area contributed by atoms with E-state index >= 15 is 0 Å². The highest BCUT2D eigenvalue weighted by Gasteiger charge is 2.18. The third kappa shape index (κ3) is 4.59. The summed E-state index contributed by atoms with van der Waals surface area (Å²) >= 11 is 0. The molecule has 2 rings (SSSR count). The highest BCUT2D eigenvalue weighted by molar-refractivity contribution is 5.96. The lowest BCUT2D eigenvalue weighted by Crippen LogP contribution is -2.35. The molecule has 6 N–H and O–H groups in total.